The number of hydrogen-bond donors (Lipinski definition) is 0. The molecule has 66 heavy (non-hydrogen) atoms. The fourth-order valence-electron chi connectivity index (χ4n) is 11.1. The van der Waals surface area contributed by atoms with Gasteiger partial charge < -0.3 is 18.6 Å². The van der Waals surface area contributed by atoms with Crippen LogP contribution in [0.5, 0.6) is 0 Å². The third-order valence-corrected chi connectivity index (χ3v) is 14.2. The van der Waals surface area contributed by atoms with E-state index in [0.717, 1.165) is 22.7 Å². The van der Waals surface area contributed by atoms with Gasteiger partial charge in [0.05, 0.1) is 44.5 Å². The molecule has 0 aliphatic rings. The van der Waals surface area contributed by atoms with Gasteiger partial charge in [0.2, 0.25) is 0 Å². The van der Waals surface area contributed by atoms with E-state index in [-0.39, 0.29) is 10.8 Å². The fourth-order valence-corrected chi connectivity index (χ4v) is 11.1. The van der Waals surface area contributed by atoms with E-state index in [0.29, 0.717) is 0 Å². The number of fused-ring (bicyclic) bond motifs is 13. The number of anilines is 6. The van der Waals surface area contributed by atoms with Crippen LogP contribution in [0.4, 0.5) is 34.1 Å². The van der Waals surface area contributed by atoms with Crippen molar-refractivity contribution in [3.63, 3.8) is 0 Å². The van der Waals surface area contributed by atoms with Crippen molar-refractivity contribution in [1.29, 1.82) is 0 Å². The molecule has 0 aliphatic carbocycles. The van der Waals surface area contributed by atoms with Crippen LogP contribution in [0.25, 0.3) is 76.2 Å². The van der Waals surface area contributed by atoms with Gasteiger partial charge in [0.1, 0.15) is 0 Å². The highest BCUT2D eigenvalue weighted by Gasteiger charge is 2.30. The molecule has 4 aromatic heterocycles. The molecule has 4 heteroatoms. The highest BCUT2D eigenvalue weighted by atomic mass is 15.2. The van der Waals surface area contributed by atoms with Crippen LogP contribution < -0.4 is 9.80 Å². The first-order valence-corrected chi connectivity index (χ1v) is 23.3. The summed E-state index contributed by atoms with van der Waals surface area (Å²) in [6.07, 6.45) is 0. The van der Waals surface area contributed by atoms with E-state index in [2.05, 4.69) is 254 Å². The molecule has 0 bridgehead atoms. The lowest BCUT2D eigenvalue weighted by molar-refractivity contribution is 0.591. The van der Waals surface area contributed by atoms with Crippen LogP contribution in [0.3, 0.4) is 0 Å². The van der Waals surface area contributed by atoms with Crippen LogP contribution in [0.2, 0.25) is 0 Å². The van der Waals surface area contributed by atoms with Gasteiger partial charge in [-0.05, 0) is 119 Å². The number of aromatic nitrogens is 2. The summed E-state index contributed by atoms with van der Waals surface area (Å²) < 4.78 is 5.19. The first-order valence-electron chi connectivity index (χ1n) is 23.3. The Morgan fingerprint density at radius 1 is 0.303 bits per heavy atom. The van der Waals surface area contributed by atoms with Gasteiger partial charge in [-0.15, -0.1) is 0 Å². The van der Waals surface area contributed by atoms with E-state index < -0.39 is 0 Å². The van der Waals surface area contributed by atoms with Crippen LogP contribution in [0.1, 0.15) is 52.7 Å². The maximum absolute atomic E-state index is 2.62. The summed E-state index contributed by atoms with van der Waals surface area (Å²) in [6.45, 7) is 13.9. The van der Waals surface area contributed by atoms with Crippen LogP contribution in [0, 0.1) is 0 Å². The van der Waals surface area contributed by atoms with Crippen molar-refractivity contribution in [2.24, 2.45) is 0 Å². The minimum atomic E-state index is -0.0274. The van der Waals surface area contributed by atoms with Gasteiger partial charge in [0.25, 0.3) is 0 Å². The number of nitrogens with zero attached hydrogens (tertiary/aromatic N) is 4. The highest BCUT2D eigenvalue weighted by molar-refractivity contribution is 6.36. The molecule has 0 saturated heterocycles. The van der Waals surface area contributed by atoms with Gasteiger partial charge in [0, 0.05) is 65.8 Å². The predicted octanol–water partition coefficient (Wildman–Crippen LogP) is 17.5. The Morgan fingerprint density at radius 3 is 1.08 bits per heavy atom. The van der Waals surface area contributed by atoms with Crippen molar-refractivity contribution in [2.45, 2.75) is 52.4 Å². The lowest BCUT2D eigenvalue weighted by Gasteiger charge is -2.26. The highest BCUT2D eigenvalue weighted by Crippen LogP contribution is 2.53. The van der Waals surface area contributed by atoms with Gasteiger partial charge in [-0.25, -0.2) is 0 Å². The van der Waals surface area contributed by atoms with Crippen LogP contribution in [0.15, 0.2) is 194 Å². The van der Waals surface area contributed by atoms with Gasteiger partial charge in [-0.3, -0.25) is 0 Å². The SMILES string of the molecule is CC(C)(C)c1ccc2c(c1)c1c(N(c3ccccc3)c3ccccc3)ccc3c4c(ccc5c6ccc(N(c7ccccc7)c7ccccc7)c7c8cc(C(C)(C)C)ccc8n(c67)c54)n2c31. The molecule has 0 aliphatic heterocycles. The van der Waals surface area contributed by atoms with Crippen molar-refractivity contribution in [1.82, 2.24) is 8.80 Å². The zero-order valence-electron chi connectivity index (χ0n) is 38.3. The molecule has 0 amide bonds. The summed E-state index contributed by atoms with van der Waals surface area (Å²) in [5.74, 6) is 0. The Bertz CT molecular complexity index is 3900. The molecule has 4 heterocycles. The van der Waals surface area contributed by atoms with Crippen molar-refractivity contribution in [2.75, 3.05) is 9.80 Å². The predicted molar refractivity (Wildman–Crippen MR) is 283 cm³/mol. The molecule has 0 atom stereocenters. The van der Waals surface area contributed by atoms with Crippen molar-refractivity contribution in [3.05, 3.63) is 205 Å². The minimum absolute atomic E-state index is 0.0171. The average Bonchev–Trinajstić information content (AvgIpc) is 4.06. The van der Waals surface area contributed by atoms with Gasteiger partial charge in [0.15, 0.2) is 0 Å². The molecule has 318 valence electrons. The zero-order valence-corrected chi connectivity index (χ0v) is 38.3. The summed E-state index contributed by atoms with van der Waals surface area (Å²) in [5, 5.41) is 10.2. The minimum Gasteiger partial charge on any atom is -0.310 e. The number of benzene rings is 9. The summed E-state index contributed by atoms with van der Waals surface area (Å²) >= 11 is 0. The average molecular weight is 851 g/mol. The molecule has 0 saturated carbocycles. The molecule has 0 radical (unpaired) electrons. The maximum Gasteiger partial charge on any atom is 0.0642 e. The molecule has 13 rings (SSSR count). The van der Waals surface area contributed by atoms with Crippen LogP contribution >= 0.6 is 0 Å². The van der Waals surface area contributed by atoms with E-state index >= 15 is 0 Å². The molecule has 13 aromatic rings. The van der Waals surface area contributed by atoms with Gasteiger partial charge in [-0.2, -0.15) is 0 Å². The molecule has 9 aromatic carbocycles. The second-order valence-electron chi connectivity index (χ2n) is 20.2. The smallest absolute Gasteiger partial charge is 0.0642 e. The Balaban J connectivity index is 1.20. The largest absolute Gasteiger partial charge is 0.310 e. The lowest BCUT2D eigenvalue weighted by atomic mass is 9.86. The van der Waals surface area contributed by atoms with Gasteiger partial charge in [-0.1, -0.05) is 139 Å². The first-order chi connectivity index (χ1) is 32.1. The third kappa shape index (κ3) is 5.45. The normalized spacial score (nSPS) is 12.7. The Labute approximate surface area is 384 Å². The van der Waals surface area contributed by atoms with Crippen molar-refractivity contribution in [3.8, 4) is 0 Å². The Morgan fingerprint density at radius 2 is 0.652 bits per heavy atom. The van der Waals surface area contributed by atoms with Gasteiger partial charge >= 0.3 is 0 Å². The zero-order chi connectivity index (χ0) is 44.6. The van der Waals surface area contributed by atoms with E-state index in [1.807, 2.05) is 0 Å². The number of rotatable bonds is 6. The van der Waals surface area contributed by atoms with E-state index in [9.17, 15) is 0 Å². The number of para-hydroxylation sites is 4. The topological polar surface area (TPSA) is 15.3 Å². The Kier molecular flexibility index (Phi) is 8.10. The van der Waals surface area contributed by atoms with E-state index in [1.165, 1.54) is 98.7 Å². The third-order valence-electron chi connectivity index (χ3n) is 14.2. The second-order valence-corrected chi connectivity index (χ2v) is 20.2. The number of hydrogen-bond acceptors (Lipinski definition) is 2. The van der Waals surface area contributed by atoms with Crippen LogP contribution in [-0.4, -0.2) is 8.80 Å². The summed E-state index contributed by atoms with van der Waals surface area (Å²) in [5.41, 5.74) is 16.9. The molecule has 0 spiro atoms. The summed E-state index contributed by atoms with van der Waals surface area (Å²) in [6, 6.07) is 72.1. The van der Waals surface area contributed by atoms with E-state index in [4.69, 9.17) is 0 Å². The first kappa shape index (κ1) is 38.6. The van der Waals surface area contributed by atoms with Crippen molar-refractivity contribution >= 4 is 110 Å². The Hall–Kier alpha value is -7.82. The molecule has 0 N–H and O–H groups in total. The van der Waals surface area contributed by atoms with Crippen LogP contribution in [-0.2, 0) is 10.8 Å². The van der Waals surface area contributed by atoms with Crippen molar-refractivity contribution < 1.29 is 0 Å². The molecular formula is C62H50N4. The quantitative estimate of drug-likeness (QED) is 0.166. The standard InChI is InChI=1S/C62H50N4/c1-61(2,3)39-27-32-50-48(37-39)57-53(64(43-23-15-9-16-24-43)44-25-17-10-18-26-44)36-31-47-55-54(65(50)60(47)57)35-30-45-46-29-34-52(63(41-19-11-7-12-20-41)42-21-13-8-14-22-42)56-49-38-40(62(4,5)6)28-33-51(49)66(58(45)55)59(46)56/h7-38H,1-6H3. The summed E-state index contributed by atoms with van der Waals surface area (Å²) in [4.78, 5) is 4.88. The molecular weight excluding hydrogens is 801 g/mol. The monoisotopic (exact) mass is 850 g/mol. The molecule has 4 nitrogen and oxygen atoms in total. The molecule has 0 unspecified atom stereocenters. The molecule has 0 fully saturated rings. The fraction of sp³-hybridized carbons (Fsp3) is 0.129. The van der Waals surface area contributed by atoms with E-state index in [1.54, 1.807) is 0 Å². The maximum atomic E-state index is 2.62. The lowest BCUT2D eigenvalue weighted by Crippen LogP contribution is -2.11. The summed E-state index contributed by atoms with van der Waals surface area (Å²) in [7, 11) is 0. The second kappa shape index (κ2) is 13.8.